The third-order valence-electron chi connectivity index (χ3n) is 7.37. The number of carbonyl (C=O) groups is 1. The molecule has 1 saturated heterocycles. The molecule has 3 aromatic heterocycles. The number of rotatable bonds is 8. The van der Waals surface area contributed by atoms with Crippen LogP contribution >= 0.6 is 12.2 Å². The second-order valence-corrected chi connectivity index (χ2v) is 10.4. The van der Waals surface area contributed by atoms with Crippen LogP contribution in [0.1, 0.15) is 59.2 Å². The molecule has 4 aromatic rings. The molecule has 4 heterocycles. The average molecular weight is 539 g/mol. The van der Waals surface area contributed by atoms with E-state index in [2.05, 4.69) is 69.9 Å². The number of carbonyl (C=O) groups excluding carboxylic acids is 1. The highest BCUT2D eigenvalue weighted by Gasteiger charge is 2.41. The lowest BCUT2D eigenvalue weighted by Crippen LogP contribution is -2.33. The molecule has 0 aliphatic carbocycles. The number of anilines is 1. The quantitative estimate of drug-likeness (QED) is 0.278. The van der Waals surface area contributed by atoms with Crippen molar-refractivity contribution in [1.29, 1.82) is 0 Å². The van der Waals surface area contributed by atoms with Gasteiger partial charge in [0.05, 0.1) is 17.8 Å². The lowest BCUT2D eigenvalue weighted by Gasteiger charge is -2.28. The van der Waals surface area contributed by atoms with Crippen molar-refractivity contribution in [2.24, 2.45) is 0 Å². The van der Waals surface area contributed by atoms with Gasteiger partial charge in [-0.15, -0.1) is 0 Å². The smallest absolute Gasteiger partial charge is 0.226 e. The second kappa shape index (κ2) is 11.4. The summed E-state index contributed by atoms with van der Waals surface area (Å²) in [6.07, 6.45) is 4.81. The minimum absolute atomic E-state index is 0.0341. The summed E-state index contributed by atoms with van der Waals surface area (Å²) in [4.78, 5) is 24.5. The van der Waals surface area contributed by atoms with Crippen LogP contribution in [0.4, 0.5) is 5.69 Å². The molecule has 0 radical (unpaired) electrons. The van der Waals surface area contributed by atoms with Crippen LogP contribution < -0.4 is 10.6 Å². The zero-order valence-corrected chi connectivity index (χ0v) is 23.6. The number of amides is 1. The normalized spacial score (nSPS) is 16.8. The monoisotopic (exact) mass is 538 g/mol. The molecule has 1 fully saturated rings. The summed E-state index contributed by atoms with van der Waals surface area (Å²) in [5.41, 5.74) is 7.37. The zero-order valence-electron chi connectivity index (χ0n) is 22.8. The van der Waals surface area contributed by atoms with Crippen LogP contribution in [-0.4, -0.2) is 37.0 Å². The number of nitrogens with one attached hydrogen (secondary N) is 2. The van der Waals surface area contributed by atoms with Gasteiger partial charge in [-0.05, 0) is 92.5 Å². The summed E-state index contributed by atoms with van der Waals surface area (Å²) >= 11 is 5.85. The van der Waals surface area contributed by atoms with Crippen molar-refractivity contribution in [3.05, 3.63) is 107 Å². The van der Waals surface area contributed by atoms with Crippen LogP contribution in [-0.2, 0) is 11.2 Å². The largest absolute Gasteiger partial charge is 0.352 e. The average Bonchev–Trinajstić information content (AvgIpc) is 3.42. The minimum Gasteiger partial charge on any atom is -0.352 e. The number of pyridine rings is 2. The van der Waals surface area contributed by atoms with E-state index in [4.69, 9.17) is 12.2 Å². The van der Waals surface area contributed by atoms with E-state index in [1.54, 1.807) is 6.20 Å². The summed E-state index contributed by atoms with van der Waals surface area (Å²) in [5.74, 6) is 0.854. The number of aromatic nitrogens is 3. The van der Waals surface area contributed by atoms with Crippen molar-refractivity contribution in [1.82, 2.24) is 24.8 Å². The Labute approximate surface area is 235 Å². The molecule has 0 unspecified atom stereocenters. The van der Waals surface area contributed by atoms with Crippen LogP contribution in [0.3, 0.4) is 0 Å². The van der Waals surface area contributed by atoms with E-state index >= 15 is 0 Å². The first-order valence-electron chi connectivity index (χ1n) is 13.3. The Bertz CT molecular complexity index is 1500. The van der Waals surface area contributed by atoms with Gasteiger partial charge >= 0.3 is 0 Å². The first-order chi connectivity index (χ1) is 18.9. The maximum absolute atomic E-state index is 13.1. The topological polar surface area (TPSA) is 75.1 Å². The highest BCUT2D eigenvalue weighted by atomic mass is 32.1. The van der Waals surface area contributed by atoms with E-state index in [1.165, 1.54) is 0 Å². The molecular formula is C31H34N6OS. The summed E-state index contributed by atoms with van der Waals surface area (Å²) in [6.45, 7) is 8.86. The number of thiocarbonyl (C=S) groups is 1. The molecule has 1 aliphatic heterocycles. The summed E-state index contributed by atoms with van der Waals surface area (Å²) in [7, 11) is 0. The summed E-state index contributed by atoms with van der Waals surface area (Å²) in [6, 6.07) is 19.9. The molecule has 0 bridgehead atoms. The fourth-order valence-electron chi connectivity index (χ4n) is 5.45. The van der Waals surface area contributed by atoms with Crippen molar-refractivity contribution in [3.8, 4) is 5.82 Å². The lowest BCUT2D eigenvalue weighted by atomic mass is 9.96. The fourth-order valence-corrected chi connectivity index (χ4v) is 5.78. The second-order valence-electron chi connectivity index (χ2n) is 9.98. The third kappa shape index (κ3) is 5.43. The molecule has 2 atom stereocenters. The Balaban J connectivity index is 1.47. The molecule has 8 heteroatoms. The highest BCUT2D eigenvalue weighted by molar-refractivity contribution is 7.80. The fraction of sp³-hybridized carbons (Fsp3) is 0.290. The van der Waals surface area contributed by atoms with Crippen molar-refractivity contribution in [2.75, 3.05) is 11.9 Å². The molecule has 7 nitrogen and oxygen atoms in total. The van der Waals surface area contributed by atoms with Crippen LogP contribution in [0.15, 0.2) is 73.1 Å². The number of benzene rings is 1. The van der Waals surface area contributed by atoms with E-state index in [1.807, 2.05) is 54.7 Å². The summed E-state index contributed by atoms with van der Waals surface area (Å²) in [5, 5.41) is 7.22. The highest BCUT2D eigenvalue weighted by Crippen LogP contribution is 2.41. The SMILES string of the molecule is CCc1ccccc1NC(=O)CCN1C(=S)N[C@@H](c2ccccn2)[C@H]1c1cc(C)n(-c2cc(C)ccn2)c1C. The Kier molecular flexibility index (Phi) is 7.74. The molecule has 5 rings (SSSR count). The van der Waals surface area contributed by atoms with Crippen molar-refractivity contribution in [3.63, 3.8) is 0 Å². The minimum atomic E-state index is -0.151. The Morgan fingerprint density at radius 3 is 2.56 bits per heavy atom. The predicted octanol–water partition coefficient (Wildman–Crippen LogP) is 5.76. The molecular weight excluding hydrogens is 504 g/mol. The molecule has 2 N–H and O–H groups in total. The zero-order chi connectivity index (χ0) is 27.5. The predicted molar refractivity (Wildman–Crippen MR) is 159 cm³/mol. The molecule has 1 aromatic carbocycles. The third-order valence-corrected chi connectivity index (χ3v) is 7.72. The van der Waals surface area contributed by atoms with Gasteiger partial charge < -0.3 is 20.1 Å². The van der Waals surface area contributed by atoms with E-state index in [0.717, 1.165) is 51.7 Å². The van der Waals surface area contributed by atoms with E-state index < -0.39 is 0 Å². The van der Waals surface area contributed by atoms with Gasteiger partial charge in [0.1, 0.15) is 5.82 Å². The van der Waals surface area contributed by atoms with Gasteiger partial charge in [-0.2, -0.15) is 0 Å². The first-order valence-corrected chi connectivity index (χ1v) is 13.8. The van der Waals surface area contributed by atoms with E-state index in [0.29, 0.717) is 18.1 Å². The Morgan fingerprint density at radius 1 is 1.03 bits per heavy atom. The van der Waals surface area contributed by atoms with Crippen LogP contribution in [0.2, 0.25) is 0 Å². The van der Waals surface area contributed by atoms with Gasteiger partial charge in [0.2, 0.25) is 5.91 Å². The van der Waals surface area contributed by atoms with E-state index in [9.17, 15) is 4.79 Å². The molecule has 200 valence electrons. The van der Waals surface area contributed by atoms with Gasteiger partial charge in [-0.3, -0.25) is 9.78 Å². The van der Waals surface area contributed by atoms with Gasteiger partial charge in [0.15, 0.2) is 5.11 Å². The number of hydrogen-bond acceptors (Lipinski definition) is 4. The molecule has 0 spiro atoms. The van der Waals surface area contributed by atoms with Gasteiger partial charge in [-0.1, -0.05) is 31.2 Å². The molecule has 39 heavy (non-hydrogen) atoms. The number of hydrogen-bond donors (Lipinski definition) is 2. The van der Waals surface area contributed by atoms with Gasteiger partial charge in [0, 0.05) is 42.4 Å². The molecule has 1 amide bonds. The van der Waals surface area contributed by atoms with Crippen LogP contribution in [0, 0.1) is 20.8 Å². The lowest BCUT2D eigenvalue weighted by molar-refractivity contribution is -0.116. The van der Waals surface area contributed by atoms with Crippen molar-refractivity contribution < 1.29 is 4.79 Å². The first kappa shape index (κ1) is 26.6. The Morgan fingerprint density at radius 2 is 1.82 bits per heavy atom. The van der Waals surface area contributed by atoms with Crippen LogP contribution in [0.25, 0.3) is 5.82 Å². The van der Waals surface area contributed by atoms with E-state index in [-0.39, 0.29) is 18.0 Å². The van der Waals surface area contributed by atoms with Crippen molar-refractivity contribution >= 4 is 28.9 Å². The van der Waals surface area contributed by atoms with Gasteiger partial charge in [0.25, 0.3) is 0 Å². The maximum Gasteiger partial charge on any atom is 0.226 e. The van der Waals surface area contributed by atoms with Gasteiger partial charge in [-0.25, -0.2) is 4.98 Å². The Hall–Kier alpha value is -4.04. The number of nitrogens with zero attached hydrogens (tertiary/aromatic N) is 4. The van der Waals surface area contributed by atoms with Crippen molar-refractivity contribution in [2.45, 2.75) is 52.6 Å². The molecule has 0 saturated carbocycles. The number of aryl methyl sites for hydroxylation is 3. The number of para-hydroxylation sites is 1. The molecule has 1 aliphatic rings. The maximum atomic E-state index is 13.1. The summed E-state index contributed by atoms with van der Waals surface area (Å²) < 4.78 is 2.19. The van der Waals surface area contributed by atoms with Crippen LogP contribution in [0.5, 0.6) is 0 Å². The standard InChI is InChI=1S/C31H34N6OS/c1-5-23-10-6-7-11-25(23)34-28(38)14-17-36-30(29(35-31(36)39)26-12-8-9-15-32-26)24-19-21(3)37(22(24)4)27-18-20(2)13-16-33-27/h6-13,15-16,18-19,29-30H,5,14,17H2,1-4H3,(H,34,38)(H,35,39)/t29-,30+/m0/s1.